The van der Waals surface area contributed by atoms with E-state index in [0.29, 0.717) is 17.0 Å². The highest BCUT2D eigenvalue weighted by atomic mass is 16.5. The zero-order valence-corrected chi connectivity index (χ0v) is 17.8. The van der Waals surface area contributed by atoms with Crippen molar-refractivity contribution in [2.75, 3.05) is 26.0 Å². The summed E-state index contributed by atoms with van der Waals surface area (Å²) in [6.07, 6.45) is 6.51. The molecule has 1 N–H and O–H groups in total. The van der Waals surface area contributed by atoms with Gasteiger partial charge in [-0.15, -0.1) is 0 Å². The topological polar surface area (TPSA) is 59.4 Å². The van der Waals surface area contributed by atoms with E-state index >= 15 is 0 Å². The fourth-order valence-electron chi connectivity index (χ4n) is 3.44. The number of nitrogens with one attached hydrogen (secondary N) is 1. The Morgan fingerprint density at radius 1 is 1.00 bits per heavy atom. The lowest BCUT2D eigenvalue weighted by atomic mass is 10.2. The van der Waals surface area contributed by atoms with Gasteiger partial charge in [-0.3, -0.25) is 9.78 Å². The minimum atomic E-state index is -0.172. The average Bonchev–Trinajstić information content (AvgIpc) is 3.17. The molecule has 4 aromatic rings. The molecule has 0 bridgehead atoms. The third kappa shape index (κ3) is 5.29. The Labute approximate surface area is 182 Å². The number of carbonyl (C=O) groups is 1. The second-order valence-corrected chi connectivity index (χ2v) is 7.70. The first-order valence-corrected chi connectivity index (χ1v) is 10.3. The number of carbonyl (C=O) groups excluding carboxylic acids is 1. The van der Waals surface area contributed by atoms with Gasteiger partial charge in [-0.2, -0.15) is 0 Å². The Bertz CT molecular complexity index is 1150. The molecule has 0 aliphatic heterocycles. The van der Waals surface area contributed by atoms with Gasteiger partial charge in [-0.05, 0) is 87.7 Å². The zero-order valence-electron chi connectivity index (χ0n) is 17.8. The zero-order chi connectivity index (χ0) is 21.6. The fraction of sp³-hybridized carbons (Fsp3) is 0.200. The molecular weight excluding hydrogens is 388 g/mol. The van der Waals surface area contributed by atoms with Gasteiger partial charge in [0, 0.05) is 47.3 Å². The smallest absolute Gasteiger partial charge is 0.255 e. The van der Waals surface area contributed by atoms with Crippen molar-refractivity contribution in [3.63, 3.8) is 0 Å². The lowest BCUT2D eigenvalue weighted by Gasteiger charge is -2.11. The van der Waals surface area contributed by atoms with E-state index in [4.69, 9.17) is 4.74 Å². The summed E-state index contributed by atoms with van der Waals surface area (Å²) in [5, 5.41) is 3.99. The number of hydrogen-bond donors (Lipinski definition) is 1. The highest BCUT2D eigenvalue weighted by molar-refractivity contribution is 6.04. The van der Waals surface area contributed by atoms with Crippen molar-refractivity contribution < 1.29 is 9.53 Å². The molecule has 0 radical (unpaired) electrons. The summed E-state index contributed by atoms with van der Waals surface area (Å²) in [6, 6.07) is 18.9. The predicted octanol–water partition coefficient (Wildman–Crippen LogP) is 5.03. The molecule has 4 rings (SSSR count). The molecule has 0 unspecified atom stereocenters. The Hall–Kier alpha value is -3.64. The molecule has 0 aliphatic carbocycles. The molecule has 0 fully saturated rings. The van der Waals surface area contributed by atoms with Gasteiger partial charge in [-0.25, -0.2) is 0 Å². The van der Waals surface area contributed by atoms with Crippen LogP contribution in [0.25, 0.3) is 10.9 Å². The summed E-state index contributed by atoms with van der Waals surface area (Å²) in [6.45, 7) is 2.06. The Balaban J connectivity index is 1.40. The monoisotopic (exact) mass is 414 g/mol. The molecule has 2 aromatic carbocycles. The van der Waals surface area contributed by atoms with Crippen LogP contribution in [0.15, 0.2) is 79.3 Å². The lowest BCUT2D eigenvalue weighted by molar-refractivity contribution is 0.102. The molecule has 6 heteroatoms. The van der Waals surface area contributed by atoms with E-state index in [1.165, 1.54) is 5.52 Å². The van der Waals surface area contributed by atoms with Crippen LogP contribution >= 0.6 is 0 Å². The first-order chi connectivity index (χ1) is 15.1. The summed E-state index contributed by atoms with van der Waals surface area (Å²) in [7, 11) is 4.19. The van der Waals surface area contributed by atoms with E-state index in [0.717, 1.165) is 30.6 Å². The minimum Gasteiger partial charge on any atom is -0.457 e. The van der Waals surface area contributed by atoms with Crippen molar-refractivity contribution in [1.29, 1.82) is 0 Å². The van der Waals surface area contributed by atoms with Crippen LogP contribution in [-0.2, 0) is 6.54 Å². The van der Waals surface area contributed by atoms with E-state index in [9.17, 15) is 4.79 Å². The SMILES string of the molecule is CN(C)CCCn1ccc2cc(Oc3ccc(C(=O)Nc4ccncc4)cc3)ccc21. The third-order valence-electron chi connectivity index (χ3n) is 5.04. The number of rotatable bonds is 8. The number of anilines is 1. The Morgan fingerprint density at radius 2 is 1.74 bits per heavy atom. The second-order valence-electron chi connectivity index (χ2n) is 7.70. The van der Waals surface area contributed by atoms with Gasteiger partial charge in [0.1, 0.15) is 11.5 Å². The van der Waals surface area contributed by atoms with Gasteiger partial charge < -0.3 is 19.5 Å². The van der Waals surface area contributed by atoms with Crippen LogP contribution in [0.1, 0.15) is 16.8 Å². The van der Waals surface area contributed by atoms with Crippen LogP contribution in [0.3, 0.4) is 0 Å². The number of aryl methyl sites for hydroxylation is 1. The maximum absolute atomic E-state index is 12.4. The summed E-state index contributed by atoms with van der Waals surface area (Å²) < 4.78 is 8.28. The Morgan fingerprint density at radius 3 is 2.48 bits per heavy atom. The molecule has 0 saturated heterocycles. The maximum Gasteiger partial charge on any atom is 0.255 e. The Kier molecular flexibility index (Phi) is 6.29. The summed E-state index contributed by atoms with van der Waals surface area (Å²) in [4.78, 5) is 18.5. The van der Waals surface area contributed by atoms with E-state index in [1.54, 1.807) is 48.8 Å². The largest absolute Gasteiger partial charge is 0.457 e. The average molecular weight is 415 g/mol. The molecule has 1 amide bonds. The number of nitrogens with zero attached hydrogens (tertiary/aromatic N) is 3. The van der Waals surface area contributed by atoms with Crippen molar-refractivity contribution in [2.45, 2.75) is 13.0 Å². The molecule has 31 heavy (non-hydrogen) atoms. The fourth-order valence-corrected chi connectivity index (χ4v) is 3.44. The lowest BCUT2D eigenvalue weighted by Crippen LogP contribution is -2.14. The van der Waals surface area contributed by atoms with Crippen LogP contribution in [0.5, 0.6) is 11.5 Å². The number of amides is 1. The van der Waals surface area contributed by atoms with Crippen LogP contribution in [0.4, 0.5) is 5.69 Å². The van der Waals surface area contributed by atoms with Crippen molar-refractivity contribution in [3.05, 3.63) is 84.8 Å². The molecule has 0 atom stereocenters. The second kappa shape index (κ2) is 9.45. The number of fused-ring (bicyclic) bond motifs is 1. The quantitative estimate of drug-likeness (QED) is 0.439. The predicted molar refractivity (Wildman–Crippen MR) is 124 cm³/mol. The van der Waals surface area contributed by atoms with Gasteiger partial charge in [-0.1, -0.05) is 0 Å². The normalized spacial score (nSPS) is 11.1. The van der Waals surface area contributed by atoms with Gasteiger partial charge >= 0.3 is 0 Å². The number of ether oxygens (including phenoxy) is 1. The molecule has 2 aromatic heterocycles. The van der Waals surface area contributed by atoms with E-state index in [1.807, 2.05) is 12.1 Å². The minimum absolute atomic E-state index is 0.172. The van der Waals surface area contributed by atoms with E-state index in [2.05, 4.69) is 52.2 Å². The van der Waals surface area contributed by atoms with Crippen LogP contribution in [0, 0.1) is 0 Å². The van der Waals surface area contributed by atoms with E-state index < -0.39 is 0 Å². The molecule has 6 nitrogen and oxygen atoms in total. The molecule has 0 aliphatic rings. The van der Waals surface area contributed by atoms with Gasteiger partial charge in [0.15, 0.2) is 0 Å². The standard InChI is InChI=1S/C25H26N4O2/c1-28(2)15-3-16-29-17-12-20-18-23(8-9-24(20)29)31-22-6-4-19(5-7-22)25(30)27-21-10-13-26-14-11-21/h4-14,17-18H,3,15-16H2,1-2H3,(H,26,27,30). The molecule has 158 valence electrons. The van der Waals surface area contributed by atoms with Crippen molar-refractivity contribution >= 4 is 22.5 Å². The van der Waals surface area contributed by atoms with Crippen molar-refractivity contribution in [1.82, 2.24) is 14.5 Å². The highest BCUT2D eigenvalue weighted by Gasteiger charge is 2.08. The summed E-state index contributed by atoms with van der Waals surface area (Å²) >= 11 is 0. The number of pyridine rings is 1. The molecule has 0 saturated carbocycles. The third-order valence-corrected chi connectivity index (χ3v) is 5.04. The van der Waals surface area contributed by atoms with Gasteiger partial charge in [0.25, 0.3) is 5.91 Å². The highest BCUT2D eigenvalue weighted by Crippen LogP contribution is 2.27. The maximum atomic E-state index is 12.4. The summed E-state index contributed by atoms with van der Waals surface area (Å²) in [5.41, 5.74) is 2.48. The summed E-state index contributed by atoms with van der Waals surface area (Å²) in [5.74, 6) is 1.28. The van der Waals surface area contributed by atoms with Gasteiger partial charge in [0.05, 0.1) is 0 Å². The van der Waals surface area contributed by atoms with E-state index in [-0.39, 0.29) is 5.91 Å². The number of benzene rings is 2. The first kappa shape index (κ1) is 20.6. The van der Waals surface area contributed by atoms with Crippen LogP contribution in [0.2, 0.25) is 0 Å². The number of hydrogen-bond acceptors (Lipinski definition) is 4. The van der Waals surface area contributed by atoms with Crippen molar-refractivity contribution in [2.24, 2.45) is 0 Å². The number of aromatic nitrogens is 2. The van der Waals surface area contributed by atoms with Crippen molar-refractivity contribution in [3.8, 4) is 11.5 Å². The molecule has 2 heterocycles. The molecular formula is C25H26N4O2. The van der Waals surface area contributed by atoms with Gasteiger partial charge in [0.2, 0.25) is 0 Å². The first-order valence-electron chi connectivity index (χ1n) is 10.3. The molecule has 0 spiro atoms. The van der Waals surface area contributed by atoms with Crippen LogP contribution in [-0.4, -0.2) is 41.0 Å². The van der Waals surface area contributed by atoms with Crippen LogP contribution < -0.4 is 10.1 Å².